The molecule has 2 heteroatoms. The van der Waals surface area contributed by atoms with Crippen LogP contribution in [-0.4, -0.2) is 11.1 Å². The second-order valence-corrected chi connectivity index (χ2v) is 6.53. The van der Waals surface area contributed by atoms with Crippen molar-refractivity contribution in [1.29, 1.82) is 0 Å². The number of rotatable bonds is 7. The van der Waals surface area contributed by atoms with Crippen molar-refractivity contribution in [1.82, 2.24) is 5.32 Å². The normalized spacial score (nSPS) is 12.2. The van der Waals surface area contributed by atoms with E-state index in [1.807, 2.05) is 12.1 Å². The summed E-state index contributed by atoms with van der Waals surface area (Å²) in [5.74, 6) is 0.322. The highest BCUT2D eigenvalue weighted by Gasteiger charge is 2.16. The summed E-state index contributed by atoms with van der Waals surface area (Å²) in [4.78, 5) is 0. The highest BCUT2D eigenvalue weighted by Crippen LogP contribution is 2.23. The van der Waals surface area contributed by atoms with Gasteiger partial charge in [0.25, 0.3) is 0 Å². The van der Waals surface area contributed by atoms with Crippen LogP contribution in [0.5, 0.6) is 5.75 Å². The zero-order valence-corrected chi connectivity index (χ0v) is 14.6. The summed E-state index contributed by atoms with van der Waals surface area (Å²) < 4.78 is 0. The lowest BCUT2D eigenvalue weighted by Gasteiger charge is -2.24. The first-order chi connectivity index (χ1) is 12.2. The Labute approximate surface area is 150 Å². The van der Waals surface area contributed by atoms with Crippen LogP contribution in [0.1, 0.15) is 36.1 Å². The van der Waals surface area contributed by atoms with Crippen molar-refractivity contribution in [3.05, 3.63) is 102 Å². The minimum absolute atomic E-state index is 0.192. The van der Waals surface area contributed by atoms with Gasteiger partial charge in [0.15, 0.2) is 0 Å². The van der Waals surface area contributed by atoms with E-state index in [1.54, 1.807) is 12.1 Å². The number of hydrogen-bond donors (Lipinski definition) is 2. The smallest absolute Gasteiger partial charge is 0.115 e. The Morgan fingerprint density at radius 2 is 1.28 bits per heavy atom. The van der Waals surface area contributed by atoms with Crippen molar-refractivity contribution in [3.8, 4) is 5.75 Å². The van der Waals surface area contributed by atoms with Crippen LogP contribution in [0.3, 0.4) is 0 Å². The molecule has 0 unspecified atom stereocenters. The predicted molar refractivity (Wildman–Crippen MR) is 104 cm³/mol. The maximum atomic E-state index is 9.39. The fourth-order valence-electron chi connectivity index (χ4n) is 3.09. The molecular weight excluding hydrogens is 306 g/mol. The van der Waals surface area contributed by atoms with Crippen LogP contribution in [0.25, 0.3) is 0 Å². The van der Waals surface area contributed by atoms with E-state index in [9.17, 15) is 5.11 Å². The van der Waals surface area contributed by atoms with E-state index in [0.29, 0.717) is 11.8 Å². The molecule has 0 radical (unpaired) electrons. The SMILES string of the molecule is C[C@H](CCc1ccc(O)cc1)NC(c1ccccc1)c1ccccc1. The minimum Gasteiger partial charge on any atom is -0.508 e. The molecule has 0 amide bonds. The van der Waals surface area contributed by atoms with Crippen molar-refractivity contribution in [2.24, 2.45) is 0 Å². The fraction of sp³-hybridized carbons (Fsp3) is 0.217. The average molecular weight is 331 g/mol. The molecule has 3 aromatic rings. The Morgan fingerprint density at radius 1 is 0.760 bits per heavy atom. The summed E-state index contributed by atoms with van der Waals surface area (Å²) in [5.41, 5.74) is 3.82. The maximum Gasteiger partial charge on any atom is 0.115 e. The number of aromatic hydroxyl groups is 1. The molecule has 0 aliphatic rings. The number of aryl methyl sites for hydroxylation is 1. The molecule has 0 aliphatic carbocycles. The molecule has 3 rings (SSSR count). The van der Waals surface area contributed by atoms with Crippen molar-refractivity contribution in [2.75, 3.05) is 0 Å². The zero-order chi connectivity index (χ0) is 17.5. The molecule has 0 spiro atoms. The van der Waals surface area contributed by atoms with Crippen molar-refractivity contribution >= 4 is 0 Å². The van der Waals surface area contributed by atoms with E-state index in [2.05, 4.69) is 72.9 Å². The summed E-state index contributed by atoms with van der Waals surface area (Å²) in [7, 11) is 0. The molecule has 0 saturated carbocycles. The highest BCUT2D eigenvalue weighted by molar-refractivity contribution is 5.32. The Morgan fingerprint density at radius 3 is 1.80 bits per heavy atom. The van der Waals surface area contributed by atoms with Gasteiger partial charge in [0.05, 0.1) is 6.04 Å². The lowest BCUT2D eigenvalue weighted by molar-refractivity contribution is 0.470. The quantitative estimate of drug-likeness (QED) is 0.632. The second kappa shape index (κ2) is 8.50. The van der Waals surface area contributed by atoms with Crippen LogP contribution in [0, 0.1) is 0 Å². The molecule has 0 aromatic heterocycles. The molecule has 2 nitrogen and oxygen atoms in total. The van der Waals surface area contributed by atoms with E-state index < -0.39 is 0 Å². The summed E-state index contributed by atoms with van der Waals surface area (Å²) in [5, 5.41) is 13.2. The molecule has 25 heavy (non-hydrogen) atoms. The number of phenols is 1. The van der Waals surface area contributed by atoms with Gasteiger partial charge in [0, 0.05) is 6.04 Å². The van der Waals surface area contributed by atoms with Gasteiger partial charge in [-0.1, -0.05) is 72.8 Å². The topological polar surface area (TPSA) is 32.3 Å². The van der Waals surface area contributed by atoms with Gasteiger partial charge in [-0.15, -0.1) is 0 Å². The highest BCUT2D eigenvalue weighted by atomic mass is 16.3. The maximum absolute atomic E-state index is 9.39. The summed E-state index contributed by atoms with van der Waals surface area (Å²) in [6.45, 7) is 2.24. The summed E-state index contributed by atoms with van der Waals surface area (Å²) in [6, 6.07) is 29.3. The minimum atomic E-state index is 0.192. The molecule has 0 fully saturated rings. The van der Waals surface area contributed by atoms with Crippen LogP contribution in [0.15, 0.2) is 84.9 Å². The standard InChI is InChI=1S/C23H25NO/c1-18(12-13-19-14-16-22(25)17-15-19)24-23(20-8-4-2-5-9-20)21-10-6-3-7-11-21/h2-11,14-18,23-25H,12-13H2,1H3/t18-/m1/s1. The third-order valence-corrected chi connectivity index (χ3v) is 4.52. The Bertz CT molecular complexity index is 714. The first-order valence-corrected chi connectivity index (χ1v) is 8.86. The molecule has 0 heterocycles. The average Bonchev–Trinajstić information content (AvgIpc) is 2.67. The number of phenolic OH excluding ortho intramolecular Hbond substituents is 1. The van der Waals surface area contributed by atoms with Gasteiger partial charge in [-0.2, -0.15) is 0 Å². The Balaban J connectivity index is 1.68. The summed E-state index contributed by atoms with van der Waals surface area (Å²) >= 11 is 0. The van der Waals surface area contributed by atoms with Gasteiger partial charge < -0.3 is 10.4 Å². The third-order valence-electron chi connectivity index (χ3n) is 4.52. The molecule has 0 aliphatic heterocycles. The molecule has 2 N–H and O–H groups in total. The lowest BCUT2D eigenvalue weighted by atomic mass is 9.97. The first kappa shape index (κ1) is 17.2. The van der Waals surface area contributed by atoms with Crippen LogP contribution in [0.2, 0.25) is 0 Å². The van der Waals surface area contributed by atoms with E-state index in [0.717, 1.165) is 12.8 Å². The van der Waals surface area contributed by atoms with Crippen LogP contribution in [-0.2, 0) is 6.42 Å². The van der Waals surface area contributed by atoms with E-state index in [4.69, 9.17) is 0 Å². The van der Waals surface area contributed by atoms with Crippen molar-refractivity contribution < 1.29 is 5.11 Å². The number of nitrogens with one attached hydrogen (secondary N) is 1. The van der Waals surface area contributed by atoms with Gasteiger partial charge in [-0.25, -0.2) is 0 Å². The molecule has 0 saturated heterocycles. The zero-order valence-electron chi connectivity index (χ0n) is 14.6. The summed E-state index contributed by atoms with van der Waals surface area (Å²) in [6.07, 6.45) is 2.03. The van der Waals surface area contributed by atoms with Crippen molar-refractivity contribution in [3.63, 3.8) is 0 Å². The Kier molecular flexibility index (Phi) is 5.86. The molecular formula is C23H25NO. The Hall–Kier alpha value is -2.58. The molecule has 0 bridgehead atoms. The van der Waals surface area contributed by atoms with E-state index in [1.165, 1.54) is 16.7 Å². The lowest BCUT2D eigenvalue weighted by Crippen LogP contribution is -2.31. The van der Waals surface area contributed by atoms with Gasteiger partial charge in [0.1, 0.15) is 5.75 Å². The van der Waals surface area contributed by atoms with E-state index >= 15 is 0 Å². The monoisotopic (exact) mass is 331 g/mol. The fourth-order valence-corrected chi connectivity index (χ4v) is 3.09. The van der Waals surface area contributed by atoms with Gasteiger partial charge in [-0.05, 0) is 48.6 Å². The first-order valence-electron chi connectivity index (χ1n) is 8.86. The predicted octanol–water partition coefficient (Wildman–Crippen LogP) is 5.09. The number of benzene rings is 3. The molecule has 3 aromatic carbocycles. The van der Waals surface area contributed by atoms with Gasteiger partial charge in [0.2, 0.25) is 0 Å². The van der Waals surface area contributed by atoms with Crippen LogP contribution < -0.4 is 5.32 Å². The molecule has 128 valence electrons. The van der Waals surface area contributed by atoms with Gasteiger partial charge in [-0.3, -0.25) is 0 Å². The van der Waals surface area contributed by atoms with Crippen LogP contribution >= 0.6 is 0 Å². The van der Waals surface area contributed by atoms with Crippen molar-refractivity contribution in [2.45, 2.75) is 31.8 Å². The number of hydrogen-bond acceptors (Lipinski definition) is 2. The van der Waals surface area contributed by atoms with Gasteiger partial charge >= 0.3 is 0 Å². The van der Waals surface area contributed by atoms with Crippen LogP contribution in [0.4, 0.5) is 0 Å². The molecule has 1 atom stereocenters. The largest absolute Gasteiger partial charge is 0.508 e. The second-order valence-electron chi connectivity index (χ2n) is 6.53. The van der Waals surface area contributed by atoms with E-state index in [-0.39, 0.29) is 6.04 Å². The third kappa shape index (κ3) is 4.94.